The highest BCUT2D eigenvalue weighted by Gasteiger charge is 2.43. The van der Waals surface area contributed by atoms with Crippen LogP contribution in [0.25, 0.3) is 0 Å². The van der Waals surface area contributed by atoms with Gasteiger partial charge in [-0.3, -0.25) is 20.3 Å². The molecule has 0 unspecified atom stereocenters. The molecule has 1 atom stereocenters. The summed E-state index contributed by atoms with van der Waals surface area (Å²) in [6.45, 7) is 1.83. The fourth-order valence-electron chi connectivity index (χ4n) is 4.79. The molecule has 1 aliphatic carbocycles. The summed E-state index contributed by atoms with van der Waals surface area (Å²) >= 11 is 6.68. The summed E-state index contributed by atoms with van der Waals surface area (Å²) in [6, 6.07) is 14.2. The van der Waals surface area contributed by atoms with Gasteiger partial charge in [-0.1, -0.05) is 73.3 Å². The van der Waals surface area contributed by atoms with Crippen LogP contribution in [0.1, 0.15) is 56.6 Å². The largest absolute Gasteiger partial charge is 0.465 e. The quantitative estimate of drug-likeness (QED) is 0.489. The Balaban J connectivity index is 1.58. The molecule has 0 saturated heterocycles. The number of carboxylic acid groups (broad SMARTS) is 1. The van der Waals surface area contributed by atoms with Crippen LogP contribution in [0.3, 0.4) is 0 Å². The zero-order valence-corrected chi connectivity index (χ0v) is 20.8. The number of anilines is 1. The summed E-state index contributed by atoms with van der Waals surface area (Å²) in [6.07, 6.45) is 2.69. The van der Waals surface area contributed by atoms with Crippen LogP contribution in [0.2, 0.25) is 5.02 Å². The maximum Gasteiger partial charge on any atom is 0.412 e. The molecule has 1 heterocycles. The topological polar surface area (TPSA) is 120 Å². The smallest absolute Gasteiger partial charge is 0.412 e. The predicted octanol–water partition coefficient (Wildman–Crippen LogP) is 5.49. The lowest BCUT2D eigenvalue weighted by Gasteiger charge is -2.41. The van der Waals surface area contributed by atoms with Crippen molar-refractivity contribution >= 4 is 41.3 Å². The molecule has 2 aliphatic rings. The Morgan fingerprint density at radius 2 is 1.83 bits per heavy atom. The fourth-order valence-corrected chi connectivity index (χ4v) is 5.17. The first-order valence-electron chi connectivity index (χ1n) is 12.0. The Labute approximate surface area is 214 Å². The first kappa shape index (κ1) is 25.5. The highest BCUT2D eigenvalue weighted by atomic mass is 35.5. The summed E-state index contributed by atoms with van der Waals surface area (Å²) in [4.78, 5) is 43.5. The maximum atomic E-state index is 13.3. The molecule has 10 heteroatoms. The number of amides is 3. The second kappa shape index (κ2) is 11.0. The van der Waals surface area contributed by atoms with E-state index in [-0.39, 0.29) is 36.0 Å². The normalized spacial score (nSPS) is 20.4. The Morgan fingerprint density at radius 3 is 2.53 bits per heavy atom. The number of hydrogen-bond acceptors (Lipinski definition) is 5. The number of halogens is 1. The zero-order chi connectivity index (χ0) is 25.7. The van der Waals surface area contributed by atoms with E-state index in [1.165, 1.54) is 4.90 Å². The minimum atomic E-state index is -1.30. The van der Waals surface area contributed by atoms with Gasteiger partial charge in [0.15, 0.2) is 0 Å². The van der Waals surface area contributed by atoms with Crippen LogP contribution in [0.4, 0.5) is 15.3 Å². The molecule has 1 fully saturated rings. The summed E-state index contributed by atoms with van der Waals surface area (Å²) in [7, 11) is 0. The third kappa shape index (κ3) is 5.79. The molecule has 2 aromatic rings. The van der Waals surface area contributed by atoms with Gasteiger partial charge in [0.2, 0.25) is 11.9 Å². The highest BCUT2D eigenvalue weighted by molar-refractivity contribution is 6.34. The summed E-state index contributed by atoms with van der Waals surface area (Å²) in [5.74, 6) is -0.218. The molecule has 3 amide bonds. The van der Waals surface area contributed by atoms with Crippen molar-refractivity contribution in [3.63, 3.8) is 0 Å². The van der Waals surface area contributed by atoms with E-state index >= 15 is 0 Å². The maximum absolute atomic E-state index is 13.3. The highest BCUT2D eigenvalue weighted by Crippen LogP contribution is 2.41. The Bertz CT molecular complexity index is 1170. The van der Waals surface area contributed by atoms with Gasteiger partial charge in [-0.25, -0.2) is 14.6 Å². The first-order valence-corrected chi connectivity index (χ1v) is 12.3. The van der Waals surface area contributed by atoms with Gasteiger partial charge in [-0.15, -0.1) is 0 Å². The van der Waals surface area contributed by atoms with Gasteiger partial charge in [0.05, 0.1) is 22.7 Å². The molecule has 1 aliphatic heterocycles. The lowest BCUT2D eigenvalue weighted by molar-refractivity contribution is -0.131. The number of nitrogens with zero attached hydrogens (tertiary/aromatic N) is 2. The Morgan fingerprint density at radius 1 is 1.11 bits per heavy atom. The van der Waals surface area contributed by atoms with E-state index in [1.807, 2.05) is 30.3 Å². The van der Waals surface area contributed by atoms with Gasteiger partial charge in [-0.2, -0.15) is 0 Å². The second-order valence-corrected chi connectivity index (χ2v) is 9.60. The van der Waals surface area contributed by atoms with E-state index in [2.05, 4.69) is 15.6 Å². The minimum absolute atomic E-state index is 0.00449. The van der Waals surface area contributed by atoms with Crippen molar-refractivity contribution in [2.45, 2.75) is 63.6 Å². The molecule has 3 N–H and O–H groups in total. The monoisotopic (exact) mass is 512 g/mol. The standard InChI is InChI=1S/C26H29ClN4O5/c1-26(15-21(32)31(18-11-6-3-7-12-18)23(30-26)29-24(33)34)19-13-8-14-20(22(19)27)28-25(35)36-16-17-9-4-2-5-10-17/h2,4-5,8-10,13-14,18H,3,6-7,11-12,15-16H2,1H3,(H,28,35)(H,29,30)(H,33,34)/t26-/m0/s1. The molecule has 2 aromatic carbocycles. The van der Waals surface area contributed by atoms with Gasteiger partial charge in [0.1, 0.15) is 6.61 Å². The van der Waals surface area contributed by atoms with E-state index in [0.29, 0.717) is 11.3 Å². The van der Waals surface area contributed by atoms with E-state index in [0.717, 1.165) is 37.7 Å². The van der Waals surface area contributed by atoms with Gasteiger partial charge in [-0.05, 0) is 31.4 Å². The van der Waals surface area contributed by atoms with E-state index in [4.69, 9.17) is 16.3 Å². The van der Waals surface area contributed by atoms with E-state index < -0.39 is 17.7 Å². The molecule has 0 spiro atoms. The van der Waals surface area contributed by atoms with Gasteiger partial charge >= 0.3 is 12.2 Å². The second-order valence-electron chi connectivity index (χ2n) is 9.23. The third-order valence-electron chi connectivity index (χ3n) is 6.53. The predicted molar refractivity (Wildman–Crippen MR) is 136 cm³/mol. The first-order chi connectivity index (χ1) is 17.3. The summed E-state index contributed by atoms with van der Waals surface area (Å²) < 4.78 is 5.28. The number of ether oxygens (including phenoxy) is 1. The average molecular weight is 513 g/mol. The average Bonchev–Trinajstić information content (AvgIpc) is 2.84. The third-order valence-corrected chi connectivity index (χ3v) is 6.94. The number of aliphatic imine (C=N–C) groups is 1. The molecule has 4 rings (SSSR count). The number of carbonyl (C=O) groups is 3. The van der Waals surface area contributed by atoms with Gasteiger partial charge in [0, 0.05) is 11.6 Å². The fraction of sp³-hybridized carbons (Fsp3) is 0.385. The van der Waals surface area contributed by atoms with Crippen LogP contribution >= 0.6 is 11.6 Å². The van der Waals surface area contributed by atoms with E-state index in [9.17, 15) is 19.5 Å². The molecule has 0 radical (unpaired) electrons. The van der Waals surface area contributed by atoms with Crippen molar-refractivity contribution in [1.29, 1.82) is 0 Å². The number of benzene rings is 2. The lowest BCUT2D eigenvalue weighted by Crippen LogP contribution is -2.57. The Hall–Kier alpha value is -3.59. The number of hydrogen-bond donors (Lipinski definition) is 3. The van der Waals surface area contributed by atoms with Gasteiger partial charge in [0.25, 0.3) is 0 Å². The molecule has 9 nitrogen and oxygen atoms in total. The number of nitrogens with one attached hydrogen (secondary N) is 2. The van der Waals surface area contributed by atoms with Crippen molar-refractivity contribution < 1.29 is 24.2 Å². The molecular formula is C26H29ClN4O5. The molecule has 36 heavy (non-hydrogen) atoms. The number of carbonyl (C=O) groups excluding carboxylic acids is 2. The van der Waals surface area contributed by atoms with Crippen LogP contribution in [0.15, 0.2) is 53.5 Å². The van der Waals surface area contributed by atoms with Crippen LogP contribution in [0.5, 0.6) is 0 Å². The van der Waals surface area contributed by atoms with Crippen molar-refractivity contribution in [2.24, 2.45) is 4.99 Å². The zero-order valence-electron chi connectivity index (χ0n) is 20.0. The molecule has 0 bridgehead atoms. The van der Waals surface area contributed by atoms with Crippen molar-refractivity contribution in [2.75, 3.05) is 5.32 Å². The minimum Gasteiger partial charge on any atom is -0.465 e. The molecular weight excluding hydrogens is 484 g/mol. The summed E-state index contributed by atoms with van der Waals surface area (Å²) in [5.41, 5.74) is 0.504. The SMILES string of the molecule is C[C@@]1(c2cccc(NC(=O)OCc3ccccc3)c2Cl)CC(=O)N(C2CCCCC2)C(NC(=O)O)=N1. The summed E-state index contributed by atoms with van der Waals surface area (Å²) in [5, 5.41) is 14.6. The van der Waals surface area contributed by atoms with Gasteiger partial charge < -0.3 is 9.84 Å². The molecule has 190 valence electrons. The number of rotatable bonds is 5. The molecule has 1 saturated carbocycles. The Kier molecular flexibility index (Phi) is 7.79. The van der Waals surface area contributed by atoms with Crippen molar-refractivity contribution in [3.05, 3.63) is 64.7 Å². The van der Waals surface area contributed by atoms with Crippen LogP contribution in [-0.4, -0.2) is 40.1 Å². The molecule has 0 aromatic heterocycles. The lowest BCUT2D eigenvalue weighted by atomic mass is 9.86. The van der Waals surface area contributed by atoms with Crippen LogP contribution in [0, 0.1) is 0 Å². The van der Waals surface area contributed by atoms with Crippen molar-refractivity contribution in [1.82, 2.24) is 10.2 Å². The van der Waals surface area contributed by atoms with Crippen molar-refractivity contribution in [3.8, 4) is 0 Å². The van der Waals surface area contributed by atoms with Crippen LogP contribution < -0.4 is 10.6 Å². The van der Waals surface area contributed by atoms with E-state index in [1.54, 1.807) is 25.1 Å². The number of guanidine groups is 1. The van der Waals surface area contributed by atoms with Crippen LogP contribution in [-0.2, 0) is 21.7 Å².